The number of carbonyl (C=O) groups excluding carboxylic acids is 1. The Morgan fingerprint density at radius 1 is 1.26 bits per heavy atom. The van der Waals surface area contributed by atoms with E-state index in [1.54, 1.807) is 18.2 Å². The van der Waals surface area contributed by atoms with E-state index < -0.39 is 0 Å². The van der Waals surface area contributed by atoms with Crippen molar-refractivity contribution < 1.29 is 14.3 Å². The summed E-state index contributed by atoms with van der Waals surface area (Å²) in [5, 5.41) is 16.8. The van der Waals surface area contributed by atoms with Crippen molar-refractivity contribution in [2.75, 3.05) is 43.5 Å². The van der Waals surface area contributed by atoms with Crippen LogP contribution < -0.4 is 15.4 Å². The summed E-state index contributed by atoms with van der Waals surface area (Å²) in [5.41, 5.74) is 3.52. The quantitative estimate of drug-likeness (QED) is 0.319. The van der Waals surface area contributed by atoms with Gasteiger partial charge < -0.3 is 20.1 Å². The topological polar surface area (TPSA) is 99.5 Å². The van der Waals surface area contributed by atoms with Gasteiger partial charge >= 0.3 is 0 Å². The number of nitriles is 1. The number of hydrogen-bond donors (Lipinski definition) is 2. The summed E-state index contributed by atoms with van der Waals surface area (Å²) >= 11 is 0. The van der Waals surface area contributed by atoms with E-state index in [2.05, 4.69) is 32.5 Å². The molecule has 0 saturated carbocycles. The molecule has 1 unspecified atom stereocenters. The number of anilines is 3. The van der Waals surface area contributed by atoms with Crippen molar-refractivity contribution in [1.82, 2.24) is 9.88 Å². The Hall–Kier alpha value is -4.37. The zero-order valence-electron chi connectivity index (χ0n) is 21.8. The molecule has 0 aliphatic carbocycles. The Balaban J connectivity index is 1.47. The molecule has 2 fully saturated rings. The first-order chi connectivity index (χ1) is 19.1. The number of aromatic nitrogens is 1. The second-order valence-corrected chi connectivity index (χ2v) is 9.73. The number of benzene rings is 2. The summed E-state index contributed by atoms with van der Waals surface area (Å²) in [5.74, 6) is 2.89. The lowest BCUT2D eigenvalue weighted by molar-refractivity contribution is -0.111. The molecule has 1 atom stereocenters. The van der Waals surface area contributed by atoms with Crippen LogP contribution in [-0.2, 0) is 9.53 Å². The number of hydrogen-bond acceptors (Lipinski definition) is 7. The van der Waals surface area contributed by atoms with Crippen molar-refractivity contribution in [3.05, 3.63) is 65.9 Å². The highest BCUT2D eigenvalue weighted by Gasteiger charge is 2.21. The predicted molar refractivity (Wildman–Crippen MR) is 152 cm³/mol. The fourth-order valence-corrected chi connectivity index (χ4v) is 4.88. The largest absolute Gasteiger partial charge is 0.486 e. The van der Waals surface area contributed by atoms with Gasteiger partial charge in [0.05, 0.1) is 35.7 Å². The van der Waals surface area contributed by atoms with E-state index in [9.17, 15) is 10.1 Å². The fraction of sp³-hybridized carbons (Fsp3) is 0.323. The molecular weight excluding hydrogens is 490 g/mol. The van der Waals surface area contributed by atoms with Gasteiger partial charge in [-0.3, -0.25) is 14.7 Å². The molecule has 0 bridgehead atoms. The monoisotopic (exact) mass is 521 g/mol. The molecule has 3 heterocycles. The Kier molecular flexibility index (Phi) is 8.38. The third-order valence-corrected chi connectivity index (χ3v) is 6.91. The van der Waals surface area contributed by atoms with Gasteiger partial charge in [0.1, 0.15) is 17.9 Å². The van der Waals surface area contributed by atoms with E-state index in [0.29, 0.717) is 46.8 Å². The zero-order chi connectivity index (χ0) is 27.0. The molecule has 0 radical (unpaired) electrons. The predicted octanol–water partition coefficient (Wildman–Crippen LogP) is 4.98. The average molecular weight is 522 g/mol. The number of nitrogens with zero attached hydrogens (tertiary/aromatic N) is 3. The molecule has 2 aromatic carbocycles. The Morgan fingerprint density at radius 3 is 2.90 bits per heavy atom. The van der Waals surface area contributed by atoms with Crippen LogP contribution in [0.2, 0.25) is 0 Å². The first-order valence-corrected chi connectivity index (χ1v) is 13.3. The van der Waals surface area contributed by atoms with Crippen molar-refractivity contribution in [2.24, 2.45) is 0 Å². The lowest BCUT2D eigenvalue weighted by Gasteiger charge is -2.24. The number of rotatable bonds is 8. The van der Waals surface area contributed by atoms with E-state index in [4.69, 9.17) is 15.9 Å². The number of nitrogens with one attached hydrogen (secondary N) is 2. The molecule has 8 heteroatoms. The third kappa shape index (κ3) is 6.56. The van der Waals surface area contributed by atoms with Crippen LogP contribution in [0.1, 0.15) is 36.8 Å². The number of ether oxygens (including phenoxy) is 2. The molecule has 8 nitrogen and oxygen atoms in total. The summed E-state index contributed by atoms with van der Waals surface area (Å²) in [4.78, 5) is 19.8. The number of carbonyl (C=O) groups is 1. The highest BCUT2D eigenvalue weighted by Crippen LogP contribution is 2.37. The van der Waals surface area contributed by atoms with Crippen LogP contribution in [0.4, 0.5) is 17.1 Å². The summed E-state index contributed by atoms with van der Waals surface area (Å²) in [6, 6.07) is 13.2. The average Bonchev–Trinajstić information content (AvgIpc) is 3.47. The zero-order valence-corrected chi connectivity index (χ0v) is 21.8. The smallest absolute Gasteiger partial charge is 0.248 e. The van der Waals surface area contributed by atoms with Gasteiger partial charge in [0, 0.05) is 47.9 Å². The molecule has 39 heavy (non-hydrogen) atoms. The van der Waals surface area contributed by atoms with Crippen molar-refractivity contribution in [1.29, 1.82) is 5.26 Å². The van der Waals surface area contributed by atoms with E-state index in [1.807, 2.05) is 30.3 Å². The molecule has 0 spiro atoms. The van der Waals surface area contributed by atoms with E-state index >= 15 is 0 Å². The maximum Gasteiger partial charge on any atom is 0.248 e. The molecule has 3 aromatic rings. The van der Waals surface area contributed by atoms with Gasteiger partial charge in [-0.25, -0.2) is 0 Å². The van der Waals surface area contributed by atoms with Gasteiger partial charge in [0.2, 0.25) is 5.91 Å². The van der Waals surface area contributed by atoms with Crippen LogP contribution in [0.5, 0.6) is 5.75 Å². The van der Waals surface area contributed by atoms with E-state index in [0.717, 1.165) is 37.3 Å². The molecule has 1 aromatic heterocycles. The summed E-state index contributed by atoms with van der Waals surface area (Å²) in [6.07, 6.45) is 14.9. The molecule has 2 saturated heterocycles. The van der Waals surface area contributed by atoms with Crippen molar-refractivity contribution >= 4 is 33.9 Å². The molecular formula is C31H31N5O3. The minimum Gasteiger partial charge on any atom is -0.486 e. The van der Waals surface area contributed by atoms with Gasteiger partial charge in [0.25, 0.3) is 0 Å². The Labute approximate surface area is 228 Å². The molecule has 2 N–H and O–H groups in total. The number of terminal acetylenes is 1. The normalized spacial score (nSPS) is 17.5. The summed E-state index contributed by atoms with van der Waals surface area (Å²) in [7, 11) is 0. The number of amides is 1. The number of likely N-dealkylation sites (tertiary alicyclic amines) is 1. The molecule has 2 aliphatic rings. The van der Waals surface area contributed by atoms with Crippen LogP contribution in [0.15, 0.2) is 54.7 Å². The van der Waals surface area contributed by atoms with Crippen molar-refractivity contribution in [3.63, 3.8) is 0 Å². The lowest BCUT2D eigenvalue weighted by Crippen LogP contribution is -2.29. The molecule has 198 valence electrons. The highest BCUT2D eigenvalue weighted by atomic mass is 16.5. The first-order valence-electron chi connectivity index (χ1n) is 13.3. The first kappa shape index (κ1) is 26.2. The van der Waals surface area contributed by atoms with Gasteiger partial charge in [-0.05, 0) is 50.2 Å². The maximum absolute atomic E-state index is 13.0. The molecule has 1 amide bonds. The lowest BCUT2D eigenvalue weighted by atomic mass is 10.1. The van der Waals surface area contributed by atoms with E-state index in [1.165, 1.54) is 25.5 Å². The SMILES string of the molecule is C#Cc1cccc(Nc2c(C#N)cnc3cc(OC4CCOC4)c(NC(=O)C=CCN4CCCCC4)cc23)c1. The summed E-state index contributed by atoms with van der Waals surface area (Å²) in [6.45, 7) is 3.99. The van der Waals surface area contributed by atoms with Gasteiger partial charge in [0.15, 0.2) is 0 Å². The van der Waals surface area contributed by atoms with Crippen LogP contribution in [0.3, 0.4) is 0 Å². The molecule has 2 aliphatic heterocycles. The van der Waals surface area contributed by atoms with Gasteiger partial charge in [-0.15, -0.1) is 6.42 Å². The fourth-order valence-electron chi connectivity index (χ4n) is 4.88. The highest BCUT2D eigenvalue weighted by molar-refractivity contribution is 6.04. The van der Waals surface area contributed by atoms with Crippen LogP contribution in [-0.4, -0.2) is 54.7 Å². The Morgan fingerprint density at radius 2 is 2.13 bits per heavy atom. The van der Waals surface area contributed by atoms with Crippen LogP contribution in [0, 0.1) is 23.7 Å². The van der Waals surface area contributed by atoms with E-state index in [-0.39, 0.29) is 12.0 Å². The minimum absolute atomic E-state index is 0.116. The van der Waals surface area contributed by atoms with Crippen LogP contribution >= 0.6 is 0 Å². The number of fused-ring (bicyclic) bond motifs is 1. The second-order valence-electron chi connectivity index (χ2n) is 9.73. The van der Waals surface area contributed by atoms with Crippen molar-refractivity contribution in [2.45, 2.75) is 31.8 Å². The summed E-state index contributed by atoms with van der Waals surface area (Å²) < 4.78 is 11.7. The second kappa shape index (κ2) is 12.4. The standard InChI is InChI=1S/C31H31N5O3/c1-2-22-8-6-9-24(16-22)34-31-23(19-32)20-33-27-18-29(39-25-11-15-38-21-25)28(17-26(27)31)35-30(37)10-7-14-36-12-4-3-5-13-36/h1,6-10,16-18,20,25H,3-5,11-15,21H2,(H,33,34)(H,35,37). The minimum atomic E-state index is -0.250. The third-order valence-electron chi connectivity index (χ3n) is 6.91. The molecule has 5 rings (SSSR count). The van der Waals surface area contributed by atoms with Gasteiger partial charge in [-0.1, -0.05) is 24.5 Å². The maximum atomic E-state index is 13.0. The van der Waals surface area contributed by atoms with Crippen molar-refractivity contribution in [3.8, 4) is 24.2 Å². The Bertz CT molecular complexity index is 1460. The number of piperidine rings is 1. The van der Waals surface area contributed by atoms with Gasteiger partial charge in [-0.2, -0.15) is 5.26 Å². The number of pyridine rings is 1. The van der Waals surface area contributed by atoms with Crippen LogP contribution in [0.25, 0.3) is 10.9 Å².